The third-order valence-electron chi connectivity index (χ3n) is 3.18. The van der Waals surface area contributed by atoms with Crippen molar-refractivity contribution in [3.8, 4) is 5.75 Å². The number of carbonyl (C=O) groups excluding carboxylic acids is 1. The fraction of sp³-hybridized carbons (Fsp3) is 0. The van der Waals surface area contributed by atoms with E-state index in [9.17, 15) is 9.90 Å². The van der Waals surface area contributed by atoms with E-state index in [4.69, 9.17) is 5.73 Å². The summed E-state index contributed by atoms with van der Waals surface area (Å²) in [5.74, 6) is 0.584. The maximum Gasteiger partial charge on any atom is 0.248 e. The van der Waals surface area contributed by atoms with E-state index in [1.807, 2.05) is 6.07 Å². The summed E-state index contributed by atoms with van der Waals surface area (Å²) in [7, 11) is 0. The van der Waals surface area contributed by atoms with Gasteiger partial charge in [-0.2, -0.15) is 4.98 Å². The number of benzene rings is 2. The van der Waals surface area contributed by atoms with Gasteiger partial charge in [0.05, 0.1) is 0 Å². The van der Waals surface area contributed by atoms with E-state index in [0.29, 0.717) is 28.7 Å². The molecule has 0 aliphatic carbocycles. The lowest BCUT2D eigenvalue weighted by atomic mass is 10.2. The molecule has 1 heterocycles. The number of amides is 1. The quantitative estimate of drug-likeness (QED) is 0.575. The molecule has 2 aromatic carbocycles. The zero-order valence-electron chi connectivity index (χ0n) is 12.6. The number of anilines is 4. The highest BCUT2D eigenvalue weighted by atomic mass is 16.3. The maximum absolute atomic E-state index is 11.2. The van der Waals surface area contributed by atoms with Crippen molar-refractivity contribution < 1.29 is 9.90 Å². The summed E-state index contributed by atoms with van der Waals surface area (Å²) in [6, 6.07) is 15.2. The van der Waals surface area contributed by atoms with Crippen molar-refractivity contribution in [1.29, 1.82) is 0 Å². The summed E-state index contributed by atoms with van der Waals surface area (Å²) in [5.41, 5.74) is 7.02. The van der Waals surface area contributed by atoms with Crippen LogP contribution in [-0.2, 0) is 0 Å². The minimum absolute atomic E-state index is 0.163. The van der Waals surface area contributed by atoms with Crippen molar-refractivity contribution in [2.75, 3.05) is 10.6 Å². The second-order valence-electron chi connectivity index (χ2n) is 5.01. The predicted molar refractivity (Wildman–Crippen MR) is 91.7 cm³/mol. The molecule has 7 heteroatoms. The summed E-state index contributed by atoms with van der Waals surface area (Å²) in [5, 5.41) is 15.6. The number of nitrogens with two attached hydrogens (primary N) is 1. The van der Waals surface area contributed by atoms with Crippen LogP contribution in [0.4, 0.5) is 23.1 Å². The molecule has 1 aromatic heterocycles. The van der Waals surface area contributed by atoms with Gasteiger partial charge in [0.1, 0.15) is 11.6 Å². The van der Waals surface area contributed by atoms with Crippen LogP contribution in [-0.4, -0.2) is 21.0 Å². The third-order valence-corrected chi connectivity index (χ3v) is 3.18. The average molecular weight is 321 g/mol. The van der Waals surface area contributed by atoms with E-state index >= 15 is 0 Å². The predicted octanol–water partition coefficient (Wildman–Crippen LogP) is 2.77. The van der Waals surface area contributed by atoms with E-state index in [1.165, 1.54) is 0 Å². The van der Waals surface area contributed by atoms with E-state index in [-0.39, 0.29) is 5.75 Å². The molecule has 0 aliphatic heterocycles. The number of rotatable bonds is 5. The smallest absolute Gasteiger partial charge is 0.248 e. The minimum Gasteiger partial charge on any atom is -0.508 e. The minimum atomic E-state index is -0.501. The molecule has 24 heavy (non-hydrogen) atoms. The van der Waals surface area contributed by atoms with Crippen molar-refractivity contribution in [2.24, 2.45) is 5.73 Å². The van der Waals surface area contributed by atoms with Crippen LogP contribution in [0.15, 0.2) is 60.8 Å². The third kappa shape index (κ3) is 3.77. The van der Waals surface area contributed by atoms with Crippen LogP contribution in [0.5, 0.6) is 5.75 Å². The summed E-state index contributed by atoms with van der Waals surface area (Å²) in [4.78, 5) is 19.7. The molecule has 7 nitrogen and oxygen atoms in total. The lowest BCUT2D eigenvalue weighted by Crippen LogP contribution is -2.11. The van der Waals surface area contributed by atoms with Gasteiger partial charge in [0.15, 0.2) is 0 Å². The SMILES string of the molecule is NC(=O)c1cccc(Nc2nccc(Nc3cccc(O)c3)n2)c1. The first-order valence-corrected chi connectivity index (χ1v) is 7.16. The van der Waals surface area contributed by atoms with Gasteiger partial charge in [0.2, 0.25) is 11.9 Å². The molecule has 0 spiro atoms. The van der Waals surface area contributed by atoms with Crippen molar-refractivity contribution in [2.45, 2.75) is 0 Å². The molecule has 0 aliphatic rings. The van der Waals surface area contributed by atoms with Crippen molar-refractivity contribution in [3.63, 3.8) is 0 Å². The van der Waals surface area contributed by atoms with E-state index in [2.05, 4.69) is 20.6 Å². The van der Waals surface area contributed by atoms with Gasteiger partial charge in [-0.25, -0.2) is 4.98 Å². The Morgan fingerprint density at radius 3 is 2.50 bits per heavy atom. The standard InChI is InChI=1S/C17H15N5O2/c18-16(24)11-3-1-4-12(9-11)21-17-19-8-7-15(22-17)20-13-5-2-6-14(23)10-13/h1-10,23H,(H2,18,24)(H2,19,20,21,22). The molecule has 0 radical (unpaired) electrons. The molecule has 3 aromatic rings. The van der Waals surface area contributed by atoms with Gasteiger partial charge in [-0.05, 0) is 36.4 Å². The van der Waals surface area contributed by atoms with Gasteiger partial charge in [-0.3, -0.25) is 4.79 Å². The Balaban J connectivity index is 1.78. The number of hydrogen-bond acceptors (Lipinski definition) is 6. The summed E-state index contributed by atoms with van der Waals surface area (Å²) >= 11 is 0. The molecule has 1 amide bonds. The highest BCUT2D eigenvalue weighted by Crippen LogP contribution is 2.21. The Morgan fingerprint density at radius 1 is 1.00 bits per heavy atom. The Labute approximate surface area is 138 Å². The maximum atomic E-state index is 11.2. The Hall–Kier alpha value is -3.61. The highest BCUT2D eigenvalue weighted by molar-refractivity contribution is 5.93. The first kappa shape index (κ1) is 15.3. The molecule has 3 rings (SSSR count). The van der Waals surface area contributed by atoms with Gasteiger partial charge in [0, 0.05) is 29.2 Å². The van der Waals surface area contributed by atoms with Crippen LogP contribution in [0.3, 0.4) is 0 Å². The second-order valence-corrected chi connectivity index (χ2v) is 5.01. The van der Waals surface area contributed by atoms with E-state index < -0.39 is 5.91 Å². The molecule has 120 valence electrons. The van der Waals surface area contributed by atoms with Crippen molar-refractivity contribution in [1.82, 2.24) is 9.97 Å². The van der Waals surface area contributed by atoms with Gasteiger partial charge < -0.3 is 21.5 Å². The Morgan fingerprint density at radius 2 is 1.75 bits per heavy atom. The Kier molecular flexibility index (Phi) is 4.24. The van der Waals surface area contributed by atoms with Crippen LogP contribution in [0.25, 0.3) is 0 Å². The molecule has 0 fully saturated rings. The molecular formula is C17H15N5O2. The number of primary amides is 1. The molecule has 5 N–H and O–H groups in total. The fourth-order valence-electron chi connectivity index (χ4n) is 2.10. The largest absolute Gasteiger partial charge is 0.508 e. The van der Waals surface area contributed by atoms with Gasteiger partial charge in [0.25, 0.3) is 0 Å². The normalized spacial score (nSPS) is 10.2. The number of aromatic hydroxyl groups is 1. The summed E-state index contributed by atoms with van der Waals surface area (Å²) in [6.45, 7) is 0. The molecule has 0 bridgehead atoms. The van der Waals surface area contributed by atoms with E-state index in [0.717, 1.165) is 0 Å². The number of carbonyl (C=O) groups is 1. The number of nitrogens with zero attached hydrogens (tertiary/aromatic N) is 2. The first-order chi connectivity index (χ1) is 11.6. The number of aromatic nitrogens is 2. The molecule has 0 saturated carbocycles. The summed E-state index contributed by atoms with van der Waals surface area (Å²) < 4.78 is 0. The first-order valence-electron chi connectivity index (χ1n) is 7.16. The lowest BCUT2D eigenvalue weighted by Gasteiger charge is -2.09. The molecule has 0 atom stereocenters. The highest BCUT2D eigenvalue weighted by Gasteiger charge is 2.04. The molecule has 0 saturated heterocycles. The fourth-order valence-corrected chi connectivity index (χ4v) is 2.10. The zero-order valence-corrected chi connectivity index (χ0v) is 12.6. The number of nitrogens with one attached hydrogen (secondary N) is 2. The van der Waals surface area contributed by atoms with Crippen LogP contribution < -0.4 is 16.4 Å². The van der Waals surface area contributed by atoms with Gasteiger partial charge >= 0.3 is 0 Å². The second kappa shape index (κ2) is 6.66. The topological polar surface area (TPSA) is 113 Å². The number of hydrogen-bond donors (Lipinski definition) is 4. The molecular weight excluding hydrogens is 306 g/mol. The number of phenols is 1. The summed E-state index contributed by atoms with van der Waals surface area (Å²) in [6.07, 6.45) is 1.60. The van der Waals surface area contributed by atoms with Crippen LogP contribution in [0, 0.1) is 0 Å². The van der Waals surface area contributed by atoms with Gasteiger partial charge in [-0.15, -0.1) is 0 Å². The lowest BCUT2D eigenvalue weighted by molar-refractivity contribution is 0.100. The Bertz CT molecular complexity index is 882. The van der Waals surface area contributed by atoms with Crippen molar-refractivity contribution >= 4 is 29.0 Å². The molecule has 0 unspecified atom stereocenters. The van der Waals surface area contributed by atoms with Gasteiger partial charge in [-0.1, -0.05) is 12.1 Å². The zero-order chi connectivity index (χ0) is 16.9. The monoisotopic (exact) mass is 321 g/mol. The average Bonchev–Trinajstić information content (AvgIpc) is 2.55. The van der Waals surface area contributed by atoms with Crippen LogP contribution >= 0.6 is 0 Å². The number of phenolic OH excluding ortho intramolecular Hbond substituents is 1. The van der Waals surface area contributed by atoms with Crippen molar-refractivity contribution in [3.05, 3.63) is 66.4 Å². The van der Waals surface area contributed by atoms with Crippen LogP contribution in [0.1, 0.15) is 10.4 Å². The van der Waals surface area contributed by atoms with Crippen LogP contribution in [0.2, 0.25) is 0 Å². The van der Waals surface area contributed by atoms with E-state index in [1.54, 1.807) is 54.7 Å².